The zero-order chi connectivity index (χ0) is 19.9. The Kier molecular flexibility index (Phi) is 4.79. The lowest BCUT2D eigenvalue weighted by Gasteiger charge is -2.29. The van der Waals surface area contributed by atoms with E-state index in [0.717, 1.165) is 12.0 Å². The summed E-state index contributed by atoms with van der Waals surface area (Å²) < 4.78 is 46.2. The van der Waals surface area contributed by atoms with Crippen molar-refractivity contribution in [2.75, 3.05) is 20.3 Å². The maximum atomic E-state index is 12.5. The summed E-state index contributed by atoms with van der Waals surface area (Å²) in [7, 11) is -3.87. The Hall–Kier alpha value is -2.71. The van der Waals surface area contributed by atoms with E-state index in [-0.39, 0.29) is 31.0 Å². The highest BCUT2D eigenvalue weighted by atomic mass is 32.3. The molecule has 0 spiro atoms. The van der Waals surface area contributed by atoms with Gasteiger partial charge in [0.05, 0.1) is 32.2 Å². The number of hydrogen-bond donors (Lipinski definition) is 1. The van der Waals surface area contributed by atoms with Gasteiger partial charge in [0.15, 0.2) is 6.04 Å². The molecule has 1 aromatic heterocycles. The van der Waals surface area contributed by atoms with E-state index in [4.69, 9.17) is 14.0 Å². The quantitative estimate of drug-likeness (QED) is 0.469. The third-order valence-corrected chi connectivity index (χ3v) is 4.46. The molecule has 148 valence electrons. The zero-order valence-corrected chi connectivity index (χ0v) is 15.1. The van der Waals surface area contributed by atoms with Crippen LogP contribution in [0.15, 0.2) is 6.20 Å². The fraction of sp³-hybridized carbons (Fsp3) is 0.538. The van der Waals surface area contributed by atoms with Crippen molar-refractivity contribution >= 4 is 28.4 Å². The van der Waals surface area contributed by atoms with Crippen LogP contribution in [0.25, 0.3) is 0 Å². The summed E-state index contributed by atoms with van der Waals surface area (Å²) >= 11 is 0. The minimum atomic E-state index is -4.98. The number of nitrogens with zero attached hydrogens (tertiary/aromatic N) is 4. The second-order valence-electron chi connectivity index (χ2n) is 5.65. The van der Waals surface area contributed by atoms with Crippen LogP contribution in [0.5, 0.6) is 0 Å². The van der Waals surface area contributed by atoms with Gasteiger partial charge in [0.25, 0.3) is 0 Å². The number of aromatic nitrogens is 2. The van der Waals surface area contributed by atoms with E-state index in [2.05, 4.69) is 9.38 Å². The Bertz CT molecular complexity index is 896. The van der Waals surface area contributed by atoms with Crippen LogP contribution in [-0.2, 0) is 40.3 Å². The van der Waals surface area contributed by atoms with E-state index in [1.54, 1.807) is 6.92 Å². The van der Waals surface area contributed by atoms with Crippen molar-refractivity contribution in [3.8, 4) is 0 Å². The molecular formula is C13H16N4O9S. The molecule has 0 radical (unpaired) electrons. The van der Waals surface area contributed by atoms with Crippen LogP contribution in [0.1, 0.15) is 30.3 Å². The SMILES string of the molecule is CCOC(=O)Cn1ncc2c1[C@@H](C(=O)OC)N1C[C@H]2N(OS(=O)(=O)O)C1=O. The Morgan fingerprint density at radius 1 is 1.41 bits per heavy atom. The number of methoxy groups -OCH3 is 1. The number of carbonyl (C=O) groups is 3. The summed E-state index contributed by atoms with van der Waals surface area (Å²) in [6.45, 7) is 1.34. The summed E-state index contributed by atoms with van der Waals surface area (Å²) in [6.07, 6.45) is 1.28. The summed E-state index contributed by atoms with van der Waals surface area (Å²) in [6, 6.07) is -3.21. The van der Waals surface area contributed by atoms with Crippen molar-refractivity contribution in [1.29, 1.82) is 0 Å². The number of esters is 2. The second-order valence-corrected chi connectivity index (χ2v) is 6.66. The minimum Gasteiger partial charge on any atom is -0.467 e. The summed E-state index contributed by atoms with van der Waals surface area (Å²) in [4.78, 5) is 37.7. The third kappa shape index (κ3) is 3.33. The van der Waals surface area contributed by atoms with Crippen LogP contribution in [0.4, 0.5) is 4.79 Å². The van der Waals surface area contributed by atoms with Gasteiger partial charge in [-0.25, -0.2) is 9.59 Å². The normalized spacial score (nSPS) is 21.2. The third-order valence-electron chi connectivity index (χ3n) is 4.11. The average molecular weight is 404 g/mol. The molecule has 1 fully saturated rings. The van der Waals surface area contributed by atoms with Crippen molar-refractivity contribution in [2.24, 2.45) is 0 Å². The molecule has 2 amide bonds. The van der Waals surface area contributed by atoms with Gasteiger partial charge >= 0.3 is 28.4 Å². The number of urea groups is 1. The van der Waals surface area contributed by atoms with Gasteiger partial charge in [0, 0.05) is 5.56 Å². The first kappa shape index (κ1) is 19.1. The van der Waals surface area contributed by atoms with Crippen LogP contribution < -0.4 is 0 Å². The van der Waals surface area contributed by atoms with Crippen molar-refractivity contribution in [2.45, 2.75) is 25.6 Å². The van der Waals surface area contributed by atoms with Crippen molar-refractivity contribution in [1.82, 2.24) is 19.7 Å². The van der Waals surface area contributed by atoms with E-state index < -0.39 is 40.5 Å². The molecule has 1 aromatic rings. The van der Waals surface area contributed by atoms with Gasteiger partial charge in [-0.15, -0.1) is 4.28 Å². The first-order chi connectivity index (χ1) is 12.7. The molecule has 2 aliphatic rings. The summed E-state index contributed by atoms with van der Waals surface area (Å²) in [5, 5.41) is 4.48. The summed E-state index contributed by atoms with van der Waals surface area (Å²) in [5.41, 5.74) is 0.446. The molecule has 2 aliphatic heterocycles. The smallest absolute Gasteiger partial charge is 0.418 e. The predicted octanol–water partition coefficient (Wildman–Crippen LogP) is -0.813. The number of hydrogen-bond acceptors (Lipinski definition) is 9. The molecule has 3 heterocycles. The van der Waals surface area contributed by atoms with Crippen molar-refractivity contribution in [3.05, 3.63) is 17.5 Å². The number of fused-ring (bicyclic) bond motifs is 4. The van der Waals surface area contributed by atoms with Gasteiger partial charge in [-0.3, -0.25) is 14.0 Å². The van der Waals surface area contributed by atoms with E-state index >= 15 is 0 Å². The van der Waals surface area contributed by atoms with Crippen LogP contribution in [0, 0.1) is 0 Å². The molecular weight excluding hydrogens is 388 g/mol. The molecule has 1 saturated heterocycles. The molecule has 3 rings (SSSR count). The Labute approximate surface area is 153 Å². The summed E-state index contributed by atoms with van der Waals surface area (Å²) in [5.74, 6) is -1.43. The van der Waals surface area contributed by atoms with Gasteiger partial charge in [0.2, 0.25) is 0 Å². The van der Waals surface area contributed by atoms with E-state index in [0.29, 0.717) is 5.06 Å². The van der Waals surface area contributed by atoms with E-state index in [1.165, 1.54) is 10.9 Å². The molecule has 14 heteroatoms. The first-order valence-electron chi connectivity index (χ1n) is 7.73. The Morgan fingerprint density at radius 3 is 2.70 bits per heavy atom. The molecule has 0 saturated carbocycles. The van der Waals surface area contributed by atoms with Crippen LogP contribution in [-0.4, -0.2) is 70.9 Å². The average Bonchev–Trinajstić information content (AvgIpc) is 3.10. The second kappa shape index (κ2) is 6.79. The predicted molar refractivity (Wildman–Crippen MR) is 82.9 cm³/mol. The molecule has 0 unspecified atom stereocenters. The number of rotatable bonds is 6. The van der Waals surface area contributed by atoms with E-state index in [1.807, 2.05) is 0 Å². The maximum Gasteiger partial charge on any atom is 0.418 e. The van der Waals surface area contributed by atoms with Crippen molar-refractivity contribution < 1.29 is 41.1 Å². The highest BCUT2D eigenvalue weighted by Gasteiger charge is 2.54. The highest BCUT2D eigenvalue weighted by molar-refractivity contribution is 7.80. The molecule has 0 aromatic carbocycles. The monoisotopic (exact) mass is 404 g/mol. The lowest BCUT2D eigenvalue weighted by Crippen LogP contribution is -2.40. The fourth-order valence-corrected chi connectivity index (χ4v) is 3.51. The molecule has 13 nitrogen and oxygen atoms in total. The number of carbonyl (C=O) groups excluding carboxylic acids is 3. The standard InChI is InChI=1S/C13H16N4O9S/c1-3-25-9(18)6-16-10-7(4-14-16)8-5-15(11(10)12(19)24-2)13(20)17(8)26-27(21,22)23/h4,8,11H,3,5-6H2,1-2H3,(H,21,22,23)/t8-,11+/m1/s1. The van der Waals surface area contributed by atoms with Crippen LogP contribution in [0.2, 0.25) is 0 Å². The van der Waals surface area contributed by atoms with Gasteiger partial charge in [-0.1, -0.05) is 0 Å². The molecule has 2 atom stereocenters. The lowest BCUT2D eigenvalue weighted by atomic mass is 9.98. The van der Waals surface area contributed by atoms with Gasteiger partial charge in [0.1, 0.15) is 12.6 Å². The number of amides is 2. The Balaban J connectivity index is 2.06. The lowest BCUT2D eigenvalue weighted by molar-refractivity contribution is -0.147. The highest BCUT2D eigenvalue weighted by Crippen LogP contribution is 2.44. The number of hydroxylamine groups is 2. The number of ether oxygens (including phenoxy) is 2. The van der Waals surface area contributed by atoms with Crippen LogP contribution >= 0.6 is 0 Å². The Morgan fingerprint density at radius 2 is 2.11 bits per heavy atom. The molecule has 27 heavy (non-hydrogen) atoms. The molecule has 2 bridgehead atoms. The van der Waals surface area contributed by atoms with E-state index in [9.17, 15) is 22.8 Å². The first-order valence-corrected chi connectivity index (χ1v) is 9.10. The fourth-order valence-electron chi connectivity index (χ4n) is 3.14. The largest absolute Gasteiger partial charge is 0.467 e. The van der Waals surface area contributed by atoms with Gasteiger partial charge in [-0.2, -0.15) is 18.6 Å². The van der Waals surface area contributed by atoms with Crippen molar-refractivity contribution in [3.63, 3.8) is 0 Å². The minimum absolute atomic E-state index is 0.105. The van der Waals surface area contributed by atoms with Gasteiger partial charge in [-0.05, 0) is 6.92 Å². The maximum absolute atomic E-state index is 12.5. The molecule has 0 aliphatic carbocycles. The topological polar surface area (TPSA) is 158 Å². The van der Waals surface area contributed by atoms with Crippen LogP contribution in [0.3, 0.4) is 0 Å². The molecule has 1 N–H and O–H groups in total. The van der Waals surface area contributed by atoms with Gasteiger partial charge < -0.3 is 14.4 Å². The zero-order valence-electron chi connectivity index (χ0n) is 14.3.